The molecule has 0 atom stereocenters. The van der Waals surface area contributed by atoms with Gasteiger partial charge in [-0.25, -0.2) is 0 Å². The fraction of sp³-hybridized carbons (Fsp3) is 0.385. The third kappa shape index (κ3) is 7.85. The molecule has 144 valence electrons. The van der Waals surface area contributed by atoms with Gasteiger partial charge < -0.3 is 5.32 Å². The lowest BCUT2D eigenvalue weighted by molar-refractivity contribution is -0.118. The van der Waals surface area contributed by atoms with Crippen molar-refractivity contribution in [3.8, 4) is 6.07 Å². The molecule has 0 fully saturated rings. The van der Waals surface area contributed by atoms with E-state index >= 15 is 0 Å². The van der Waals surface area contributed by atoms with Crippen LogP contribution in [-0.2, 0) is 0 Å². The van der Waals surface area contributed by atoms with Crippen molar-refractivity contribution < 1.29 is 39.5 Å². The minimum absolute atomic E-state index is 0.156. The first-order valence-corrected chi connectivity index (χ1v) is 7.39. The molecule has 0 aliphatic carbocycles. The maximum Gasteiger partial charge on any atom is 0.449 e. The van der Waals surface area contributed by atoms with Crippen molar-refractivity contribution in [3.05, 3.63) is 23.8 Å². The molecule has 1 aromatic carbocycles. The molecule has 0 radical (unpaired) electrons. The molecule has 26 heavy (non-hydrogen) atoms. The van der Waals surface area contributed by atoms with Crippen molar-refractivity contribution in [1.29, 1.82) is 5.26 Å². The van der Waals surface area contributed by atoms with Gasteiger partial charge in [0.15, 0.2) is 0 Å². The first-order valence-electron chi connectivity index (χ1n) is 6.40. The third-order valence-corrected chi connectivity index (χ3v) is 3.56. The van der Waals surface area contributed by atoms with E-state index in [2.05, 4.69) is 4.99 Å². The highest BCUT2D eigenvalue weighted by Gasteiger charge is 2.38. The van der Waals surface area contributed by atoms with E-state index in [1.807, 2.05) is 0 Å². The molecule has 0 amide bonds. The molecule has 0 bridgehead atoms. The standard InChI is InChI=1S/C13H8F9N3S/c14-11(15,16)5-24-10(13(20,21)22)25-8-2-1-7(4-23)9(3-8)26-6-12(17,18)19/h1-3H,5-6H2,(H,24,25). The van der Waals surface area contributed by atoms with E-state index in [1.165, 1.54) is 0 Å². The number of benzene rings is 1. The molecule has 1 aromatic rings. The van der Waals surface area contributed by atoms with Crippen molar-refractivity contribution in [2.45, 2.75) is 23.4 Å². The normalized spacial score (nSPS) is 13.5. The summed E-state index contributed by atoms with van der Waals surface area (Å²) in [4.78, 5) is 2.14. The molecule has 0 aliphatic rings. The fourth-order valence-electron chi connectivity index (χ4n) is 1.48. The summed E-state index contributed by atoms with van der Waals surface area (Å²) in [5.74, 6) is -3.37. The number of halogens is 9. The maximum absolute atomic E-state index is 12.8. The monoisotopic (exact) mass is 409 g/mol. The van der Waals surface area contributed by atoms with Crippen LogP contribution in [0.5, 0.6) is 0 Å². The largest absolute Gasteiger partial charge is 0.449 e. The fourth-order valence-corrected chi connectivity index (χ4v) is 2.28. The van der Waals surface area contributed by atoms with E-state index in [4.69, 9.17) is 5.26 Å². The number of nitrogens with zero attached hydrogens (tertiary/aromatic N) is 2. The molecule has 0 aliphatic heterocycles. The van der Waals surface area contributed by atoms with Gasteiger partial charge in [-0.2, -0.15) is 44.8 Å². The lowest BCUT2D eigenvalue weighted by Gasteiger charge is -2.15. The Hall–Kier alpha value is -2.10. The molecule has 1 N–H and O–H groups in total. The lowest BCUT2D eigenvalue weighted by Crippen LogP contribution is -2.32. The summed E-state index contributed by atoms with van der Waals surface area (Å²) in [5, 5.41) is 10.4. The zero-order valence-corrected chi connectivity index (χ0v) is 13.2. The predicted octanol–water partition coefficient (Wildman–Crippen LogP) is 5.15. The van der Waals surface area contributed by atoms with Crippen molar-refractivity contribution in [2.24, 2.45) is 4.99 Å². The number of anilines is 1. The Kier molecular flexibility index (Phi) is 6.81. The van der Waals surface area contributed by atoms with Gasteiger partial charge in [0.2, 0.25) is 5.84 Å². The number of nitrogens with one attached hydrogen (secondary N) is 1. The second kappa shape index (κ2) is 8.07. The van der Waals surface area contributed by atoms with Gasteiger partial charge in [-0.1, -0.05) is 0 Å². The maximum atomic E-state index is 12.8. The summed E-state index contributed by atoms with van der Waals surface area (Å²) in [6, 6.07) is 4.22. The van der Waals surface area contributed by atoms with Crippen molar-refractivity contribution in [3.63, 3.8) is 0 Å². The molecule has 0 spiro atoms. The van der Waals surface area contributed by atoms with Gasteiger partial charge in [-0.05, 0) is 18.2 Å². The van der Waals surface area contributed by atoms with Gasteiger partial charge in [-0.15, -0.1) is 11.8 Å². The van der Waals surface area contributed by atoms with Crippen LogP contribution in [0, 0.1) is 11.3 Å². The number of rotatable bonds is 4. The van der Waals surface area contributed by atoms with E-state index in [0.29, 0.717) is 0 Å². The Morgan fingerprint density at radius 3 is 2.12 bits per heavy atom. The van der Waals surface area contributed by atoms with Crippen LogP contribution in [0.2, 0.25) is 0 Å². The van der Waals surface area contributed by atoms with Crippen LogP contribution in [0.1, 0.15) is 5.56 Å². The second-order valence-electron chi connectivity index (χ2n) is 4.63. The van der Waals surface area contributed by atoms with Crippen LogP contribution in [0.4, 0.5) is 45.2 Å². The van der Waals surface area contributed by atoms with E-state index in [-0.39, 0.29) is 22.2 Å². The number of nitriles is 1. The zero-order chi connectivity index (χ0) is 20.2. The molecule has 0 unspecified atom stereocenters. The smallest absolute Gasteiger partial charge is 0.336 e. The van der Waals surface area contributed by atoms with E-state index < -0.39 is 42.3 Å². The molecule has 3 nitrogen and oxygen atoms in total. The summed E-state index contributed by atoms with van der Waals surface area (Å²) in [6.45, 7) is -2.10. The molecular weight excluding hydrogens is 401 g/mol. The number of hydrogen-bond acceptors (Lipinski definition) is 3. The van der Waals surface area contributed by atoms with E-state index in [0.717, 1.165) is 18.2 Å². The van der Waals surface area contributed by atoms with E-state index in [9.17, 15) is 39.5 Å². The Morgan fingerprint density at radius 1 is 1.04 bits per heavy atom. The Bertz CT molecular complexity index is 699. The highest BCUT2D eigenvalue weighted by Crippen LogP contribution is 2.32. The Balaban J connectivity index is 3.11. The molecule has 0 saturated heterocycles. The van der Waals surface area contributed by atoms with Gasteiger partial charge >= 0.3 is 18.5 Å². The predicted molar refractivity (Wildman–Crippen MR) is 76.0 cm³/mol. The van der Waals surface area contributed by atoms with Gasteiger partial charge in [0, 0.05) is 10.6 Å². The topological polar surface area (TPSA) is 48.2 Å². The van der Waals surface area contributed by atoms with Gasteiger partial charge in [0.1, 0.15) is 12.6 Å². The van der Waals surface area contributed by atoms with Gasteiger partial charge in [-0.3, -0.25) is 4.99 Å². The Morgan fingerprint density at radius 2 is 1.65 bits per heavy atom. The first kappa shape index (κ1) is 21.9. The quantitative estimate of drug-likeness (QED) is 0.324. The highest BCUT2D eigenvalue weighted by atomic mass is 32.2. The first-order chi connectivity index (χ1) is 11.7. The molecule has 0 saturated carbocycles. The lowest BCUT2D eigenvalue weighted by atomic mass is 10.2. The summed E-state index contributed by atoms with van der Waals surface area (Å²) in [7, 11) is 0. The molecule has 0 aromatic heterocycles. The Labute approximate surface area is 144 Å². The summed E-state index contributed by atoms with van der Waals surface area (Å²) in [6.07, 6.45) is -14.8. The summed E-state index contributed by atoms with van der Waals surface area (Å²) < 4.78 is 111. The van der Waals surface area contributed by atoms with Crippen LogP contribution in [0.15, 0.2) is 28.1 Å². The average Bonchev–Trinajstić information content (AvgIpc) is 2.46. The second-order valence-corrected chi connectivity index (χ2v) is 5.65. The van der Waals surface area contributed by atoms with Gasteiger partial charge in [0.05, 0.1) is 11.3 Å². The molecule has 13 heteroatoms. The molecule has 0 heterocycles. The average molecular weight is 409 g/mol. The SMILES string of the molecule is N#Cc1ccc(NC(=NCC(F)(F)F)C(F)(F)F)cc1SCC(F)(F)F. The van der Waals surface area contributed by atoms with Crippen molar-refractivity contribution >= 4 is 23.3 Å². The molecular formula is C13H8F9N3S. The van der Waals surface area contributed by atoms with Crippen LogP contribution < -0.4 is 5.32 Å². The number of alkyl halides is 9. The van der Waals surface area contributed by atoms with Crippen molar-refractivity contribution in [2.75, 3.05) is 17.6 Å². The highest BCUT2D eigenvalue weighted by molar-refractivity contribution is 7.99. The van der Waals surface area contributed by atoms with Crippen LogP contribution in [-0.4, -0.2) is 36.7 Å². The third-order valence-electron chi connectivity index (χ3n) is 2.44. The van der Waals surface area contributed by atoms with E-state index in [1.54, 1.807) is 11.4 Å². The van der Waals surface area contributed by atoms with Crippen LogP contribution >= 0.6 is 11.8 Å². The van der Waals surface area contributed by atoms with Gasteiger partial charge in [0.25, 0.3) is 0 Å². The summed E-state index contributed by atoms with van der Waals surface area (Å²) in [5.41, 5.74) is -0.697. The number of thioether (sulfide) groups is 1. The number of amidine groups is 1. The number of hydrogen-bond donors (Lipinski definition) is 1. The zero-order valence-electron chi connectivity index (χ0n) is 12.4. The number of aliphatic imine (C=N–C) groups is 1. The van der Waals surface area contributed by atoms with Crippen LogP contribution in [0.25, 0.3) is 0 Å². The molecule has 1 rings (SSSR count). The minimum Gasteiger partial charge on any atom is -0.336 e. The summed E-state index contributed by atoms with van der Waals surface area (Å²) >= 11 is 0.156. The minimum atomic E-state index is -5.25. The van der Waals surface area contributed by atoms with Crippen molar-refractivity contribution in [1.82, 2.24) is 0 Å². The van der Waals surface area contributed by atoms with Crippen LogP contribution in [0.3, 0.4) is 0 Å².